The van der Waals surface area contributed by atoms with Crippen LogP contribution in [0.4, 0.5) is 0 Å². The maximum absolute atomic E-state index is 11.8. The van der Waals surface area contributed by atoms with Crippen molar-refractivity contribution in [2.45, 2.75) is 90.4 Å². The number of hydrogen-bond donors (Lipinski definition) is 2. The van der Waals surface area contributed by atoms with E-state index in [1.54, 1.807) is 0 Å². The summed E-state index contributed by atoms with van der Waals surface area (Å²) in [7, 11) is 3.80. The first-order valence-corrected chi connectivity index (χ1v) is 11.3. The zero-order valence-electron chi connectivity index (χ0n) is 18.7. The zero-order chi connectivity index (χ0) is 21.1. The van der Waals surface area contributed by atoms with Gasteiger partial charge in [-0.25, -0.2) is 4.79 Å². The van der Waals surface area contributed by atoms with Crippen molar-refractivity contribution in [3.8, 4) is 0 Å². The van der Waals surface area contributed by atoms with Crippen LogP contribution in [0, 0.1) is 0 Å². The summed E-state index contributed by atoms with van der Waals surface area (Å²) in [6.45, 7) is 3.74. The maximum atomic E-state index is 11.8. The summed E-state index contributed by atoms with van der Waals surface area (Å²) in [5.74, 6) is -0.665. The molecule has 0 aromatic rings. The fourth-order valence-corrected chi connectivity index (χ4v) is 3.27. The van der Waals surface area contributed by atoms with Gasteiger partial charge >= 0.3 is 5.97 Å². The standard InChI is InChI=1S/C23H44N2O3/c1-4-5-6-7-8-9-10-11-12-13-14-15-16-18-22(26)24-19-17-20-25(2,3)21-23(27)28/h9-10H,4-8,11-21H2,1-3H3,(H-,24,26,27,28)/p+1/b10-9+. The molecule has 2 N–H and O–H groups in total. The van der Waals surface area contributed by atoms with Crippen molar-refractivity contribution in [3.05, 3.63) is 12.2 Å². The summed E-state index contributed by atoms with van der Waals surface area (Å²) in [6.07, 6.45) is 19.6. The van der Waals surface area contributed by atoms with Gasteiger partial charge < -0.3 is 14.9 Å². The molecule has 0 heterocycles. The van der Waals surface area contributed by atoms with Gasteiger partial charge in [-0.05, 0) is 32.1 Å². The molecule has 0 bridgehead atoms. The Morgan fingerprint density at radius 2 is 1.43 bits per heavy atom. The Morgan fingerprint density at radius 3 is 2.04 bits per heavy atom. The van der Waals surface area contributed by atoms with Crippen LogP contribution in [0.15, 0.2) is 12.2 Å². The van der Waals surface area contributed by atoms with Gasteiger partial charge in [0, 0.05) is 19.4 Å². The first-order chi connectivity index (χ1) is 13.4. The molecule has 28 heavy (non-hydrogen) atoms. The average Bonchev–Trinajstić information content (AvgIpc) is 2.61. The van der Waals surface area contributed by atoms with E-state index >= 15 is 0 Å². The van der Waals surface area contributed by atoms with Crippen LogP contribution in [-0.2, 0) is 9.59 Å². The van der Waals surface area contributed by atoms with E-state index in [9.17, 15) is 9.59 Å². The number of quaternary nitrogens is 1. The van der Waals surface area contributed by atoms with E-state index < -0.39 is 5.97 Å². The predicted molar refractivity (Wildman–Crippen MR) is 117 cm³/mol. The molecule has 0 saturated carbocycles. The molecule has 164 valence electrons. The number of rotatable bonds is 19. The first-order valence-electron chi connectivity index (χ1n) is 11.3. The summed E-state index contributed by atoms with van der Waals surface area (Å²) in [6, 6.07) is 0. The van der Waals surface area contributed by atoms with Gasteiger partial charge in [0.05, 0.1) is 20.6 Å². The van der Waals surface area contributed by atoms with E-state index in [2.05, 4.69) is 24.4 Å². The maximum Gasteiger partial charge on any atom is 0.359 e. The monoisotopic (exact) mass is 397 g/mol. The molecular formula is C23H45N2O3+. The summed E-state index contributed by atoms with van der Waals surface area (Å²) >= 11 is 0. The molecule has 0 saturated heterocycles. The fourth-order valence-electron chi connectivity index (χ4n) is 3.27. The topological polar surface area (TPSA) is 66.4 Å². The minimum Gasteiger partial charge on any atom is -0.477 e. The Labute approximate surface area is 173 Å². The van der Waals surface area contributed by atoms with Gasteiger partial charge in [-0.15, -0.1) is 0 Å². The first kappa shape index (κ1) is 26.6. The molecule has 0 atom stereocenters. The molecule has 0 unspecified atom stereocenters. The molecule has 0 rings (SSSR count). The quantitative estimate of drug-likeness (QED) is 0.185. The van der Waals surface area contributed by atoms with Crippen molar-refractivity contribution in [1.82, 2.24) is 5.32 Å². The second-order valence-corrected chi connectivity index (χ2v) is 8.54. The van der Waals surface area contributed by atoms with Crippen LogP contribution in [0.1, 0.15) is 90.4 Å². The van der Waals surface area contributed by atoms with Crippen LogP contribution in [0.5, 0.6) is 0 Å². The highest BCUT2D eigenvalue weighted by Gasteiger charge is 2.18. The number of amides is 1. The predicted octanol–water partition coefficient (Wildman–Crippen LogP) is 4.91. The second kappa shape index (κ2) is 17.7. The lowest BCUT2D eigenvalue weighted by molar-refractivity contribution is -0.883. The molecule has 0 aromatic heterocycles. The largest absolute Gasteiger partial charge is 0.477 e. The lowest BCUT2D eigenvalue weighted by Crippen LogP contribution is -2.45. The van der Waals surface area contributed by atoms with E-state index in [1.807, 2.05) is 14.1 Å². The van der Waals surface area contributed by atoms with Crippen molar-refractivity contribution >= 4 is 11.9 Å². The molecule has 0 aliphatic rings. The van der Waals surface area contributed by atoms with Crippen LogP contribution in [-0.4, -0.2) is 55.2 Å². The van der Waals surface area contributed by atoms with Crippen molar-refractivity contribution in [2.24, 2.45) is 0 Å². The lowest BCUT2D eigenvalue weighted by atomic mass is 10.1. The van der Waals surface area contributed by atoms with Gasteiger partial charge in [0.25, 0.3) is 0 Å². The highest BCUT2D eigenvalue weighted by Crippen LogP contribution is 2.09. The molecule has 0 aromatic carbocycles. The summed E-state index contributed by atoms with van der Waals surface area (Å²) in [4.78, 5) is 22.6. The van der Waals surface area contributed by atoms with E-state index in [1.165, 1.54) is 57.8 Å². The lowest BCUT2D eigenvalue weighted by Gasteiger charge is -2.27. The van der Waals surface area contributed by atoms with Gasteiger partial charge in [-0.1, -0.05) is 57.6 Å². The summed E-state index contributed by atoms with van der Waals surface area (Å²) < 4.78 is 0.444. The van der Waals surface area contributed by atoms with Gasteiger partial charge in [0.15, 0.2) is 6.54 Å². The van der Waals surface area contributed by atoms with Crippen molar-refractivity contribution in [1.29, 1.82) is 0 Å². The number of nitrogens with zero attached hydrogens (tertiary/aromatic N) is 1. The van der Waals surface area contributed by atoms with Gasteiger partial charge in [-0.3, -0.25) is 4.79 Å². The third-order valence-electron chi connectivity index (χ3n) is 4.99. The number of likely N-dealkylation sites (N-methyl/N-ethyl adjacent to an activating group) is 1. The van der Waals surface area contributed by atoms with Gasteiger partial charge in [-0.2, -0.15) is 0 Å². The molecule has 0 fully saturated rings. The fraction of sp³-hybridized carbons (Fsp3) is 0.826. The minimum absolute atomic E-state index is 0.114. The number of unbranched alkanes of at least 4 members (excludes halogenated alkanes) is 9. The van der Waals surface area contributed by atoms with Crippen molar-refractivity contribution < 1.29 is 19.2 Å². The Kier molecular flexibility index (Phi) is 16.9. The third-order valence-corrected chi connectivity index (χ3v) is 4.99. The normalized spacial score (nSPS) is 11.8. The highest BCUT2D eigenvalue weighted by molar-refractivity contribution is 5.75. The molecule has 0 aliphatic heterocycles. The van der Waals surface area contributed by atoms with Gasteiger partial charge in [0.1, 0.15) is 0 Å². The number of aliphatic carboxylic acids is 1. The van der Waals surface area contributed by atoms with Crippen LogP contribution in [0.2, 0.25) is 0 Å². The Bertz CT molecular complexity index is 434. The van der Waals surface area contributed by atoms with Gasteiger partial charge in [0.2, 0.25) is 5.91 Å². The minimum atomic E-state index is -0.785. The molecule has 1 amide bonds. The number of carboxylic acids is 1. The number of carbonyl (C=O) groups excluding carboxylic acids is 1. The Balaban J connectivity index is 3.42. The SMILES string of the molecule is CCCCCC/C=C/CCCCCCCC(=O)NCCC[N+](C)(C)CC(=O)O. The van der Waals surface area contributed by atoms with Crippen LogP contribution in [0.25, 0.3) is 0 Å². The number of hydrogen-bond acceptors (Lipinski definition) is 2. The van der Waals surface area contributed by atoms with Crippen LogP contribution < -0.4 is 5.32 Å². The van der Waals surface area contributed by atoms with E-state index in [0.29, 0.717) is 17.4 Å². The van der Waals surface area contributed by atoms with E-state index in [-0.39, 0.29) is 12.5 Å². The molecular weight excluding hydrogens is 352 g/mol. The number of nitrogens with one attached hydrogen (secondary N) is 1. The Morgan fingerprint density at radius 1 is 0.857 bits per heavy atom. The smallest absolute Gasteiger partial charge is 0.359 e. The van der Waals surface area contributed by atoms with E-state index in [0.717, 1.165) is 25.8 Å². The number of carboxylic acid groups (broad SMARTS) is 1. The summed E-state index contributed by atoms with van der Waals surface area (Å²) in [5, 5.41) is 11.8. The zero-order valence-corrected chi connectivity index (χ0v) is 18.7. The molecule has 0 radical (unpaired) electrons. The Hall–Kier alpha value is -1.36. The van der Waals surface area contributed by atoms with Crippen LogP contribution in [0.3, 0.4) is 0 Å². The van der Waals surface area contributed by atoms with Crippen molar-refractivity contribution in [3.63, 3.8) is 0 Å². The van der Waals surface area contributed by atoms with E-state index in [4.69, 9.17) is 5.11 Å². The van der Waals surface area contributed by atoms with Crippen LogP contribution >= 0.6 is 0 Å². The molecule has 5 heteroatoms. The second-order valence-electron chi connectivity index (χ2n) is 8.54. The number of carbonyl (C=O) groups is 2. The third kappa shape index (κ3) is 19.4. The number of allylic oxidation sites excluding steroid dienone is 2. The average molecular weight is 398 g/mol. The summed E-state index contributed by atoms with van der Waals surface area (Å²) in [5.41, 5.74) is 0. The van der Waals surface area contributed by atoms with Crippen molar-refractivity contribution in [2.75, 3.05) is 33.7 Å². The molecule has 5 nitrogen and oxygen atoms in total. The molecule has 0 aliphatic carbocycles. The highest BCUT2D eigenvalue weighted by atomic mass is 16.4. The molecule has 0 spiro atoms.